The third-order valence-electron chi connectivity index (χ3n) is 4.09. The van der Waals surface area contributed by atoms with Gasteiger partial charge in [-0.15, -0.1) is 11.3 Å². The molecule has 2 aromatic rings. The van der Waals surface area contributed by atoms with Gasteiger partial charge in [0.2, 0.25) is 5.91 Å². The van der Waals surface area contributed by atoms with Gasteiger partial charge < -0.3 is 10.2 Å². The van der Waals surface area contributed by atoms with Crippen LogP contribution in [0.2, 0.25) is 0 Å². The molecule has 1 saturated heterocycles. The van der Waals surface area contributed by atoms with Crippen molar-refractivity contribution in [3.05, 3.63) is 41.2 Å². The second-order valence-electron chi connectivity index (χ2n) is 5.88. The summed E-state index contributed by atoms with van der Waals surface area (Å²) in [7, 11) is 1.94. The Hall–Kier alpha value is -1.79. The molecular weight excluding hydrogens is 313 g/mol. The van der Waals surface area contributed by atoms with E-state index in [0.29, 0.717) is 12.3 Å². The van der Waals surface area contributed by atoms with E-state index in [1.165, 1.54) is 23.5 Å². The van der Waals surface area contributed by atoms with Gasteiger partial charge in [0.25, 0.3) is 0 Å². The number of thiazole rings is 1. The molecule has 6 heteroatoms. The predicted molar refractivity (Wildman–Crippen MR) is 89.8 cm³/mol. The minimum Gasteiger partial charge on any atom is -0.342 e. The van der Waals surface area contributed by atoms with Crippen LogP contribution >= 0.6 is 11.3 Å². The number of benzene rings is 1. The van der Waals surface area contributed by atoms with E-state index in [2.05, 4.69) is 10.3 Å². The number of nitrogens with one attached hydrogen (secondary N) is 1. The van der Waals surface area contributed by atoms with Crippen LogP contribution in [0.4, 0.5) is 4.39 Å². The molecule has 23 heavy (non-hydrogen) atoms. The number of hydrogen-bond donors (Lipinski definition) is 1. The second-order valence-corrected chi connectivity index (χ2v) is 6.74. The highest BCUT2D eigenvalue weighted by atomic mass is 32.1. The fourth-order valence-electron chi connectivity index (χ4n) is 2.92. The van der Waals surface area contributed by atoms with Crippen LogP contribution in [0.1, 0.15) is 12.1 Å². The van der Waals surface area contributed by atoms with E-state index in [9.17, 15) is 9.18 Å². The number of nitrogens with zero attached hydrogens (tertiary/aromatic N) is 2. The Bertz CT molecular complexity index is 688. The third-order valence-corrected chi connectivity index (χ3v) is 5.03. The smallest absolute Gasteiger partial charge is 0.228 e. The molecular formula is C17H20FN3OS. The SMILES string of the molecule is CNCC1CCN(C(=O)Cc2csc(-c3cccc(F)c3)n2)C1. The molecule has 0 radical (unpaired) electrons. The summed E-state index contributed by atoms with van der Waals surface area (Å²) in [5.41, 5.74) is 1.51. The average Bonchev–Trinajstić information content (AvgIpc) is 3.17. The van der Waals surface area contributed by atoms with Gasteiger partial charge in [0.15, 0.2) is 0 Å². The van der Waals surface area contributed by atoms with Gasteiger partial charge in [0, 0.05) is 24.0 Å². The molecule has 2 heterocycles. The maximum Gasteiger partial charge on any atom is 0.228 e. The first-order chi connectivity index (χ1) is 11.2. The number of amides is 1. The number of carbonyl (C=O) groups is 1. The number of rotatable bonds is 5. The maximum absolute atomic E-state index is 13.3. The largest absolute Gasteiger partial charge is 0.342 e. The van der Waals surface area contributed by atoms with Gasteiger partial charge in [-0.2, -0.15) is 0 Å². The number of hydrogen-bond acceptors (Lipinski definition) is 4. The molecule has 3 rings (SSSR count). The maximum atomic E-state index is 13.3. The van der Waals surface area contributed by atoms with Crippen LogP contribution in [0, 0.1) is 11.7 Å². The highest BCUT2D eigenvalue weighted by Crippen LogP contribution is 2.25. The molecule has 1 fully saturated rings. The lowest BCUT2D eigenvalue weighted by molar-refractivity contribution is -0.129. The number of likely N-dealkylation sites (tertiary alicyclic amines) is 1. The zero-order valence-corrected chi connectivity index (χ0v) is 13.9. The van der Waals surface area contributed by atoms with Crippen molar-refractivity contribution in [1.29, 1.82) is 0 Å². The third kappa shape index (κ3) is 3.95. The van der Waals surface area contributed by atoms with Crippen molar-refractivity contribution in [2.24, 2.45) is 5.92 Å². The summed E-state index contributed by atoms with van der Waals surface area (Å²) in [6.07, 6.45) is 1.37. The Morgan fingerprint density at radius 2 is 2.39 bits per heavy atom. The monoisotopic (exact) mass is 333 g/mol. The van der Waals surface area contributed by atoms with Crippen molar-refractivity contribution in [2.45, 2.75) is 12.8 Å². The number of halogens is 1. The summed E-state index contributed by atoms with van der Waals surface area (Å²) in [5, 5.41) is 5.81. The Labute approximate surface area is 139 Å². The molecule has 1 unspecified atom stereocenters. The Morgan fingerprint density at radius 3 is 3.17 bits per heavy atom. The van der Waals surface area contributed by atoms with Crippen molar-refractivity contribution >= 4 is 17.2 Å². The van der Waals surface area contributed by atoms with Crippen LogP contribution < -0.4 is 5.32 Å². The molecule has 1 aliphatic rings. The van der Waals surface area contributed by atoms with E-state index in [0.717, 1.165) is 42.3 Å². The van der Waals surface area contributed by atoms with E-state index in [1.807, 2.05) is 23.4 Å². The molecule has 4 nitrogen and oxygen atoms in total. The molecule has 0 spiro atoms. The van der Waals surface area contributed by atoms with Crippen LogP contribution in [0.3, 0.4) is 0 Å². The van der Waals surface area contributed by atoms with Crippen molar-refractivity contribution in [3.8, 4) is 10.6 Å². The molecule has 0 bridgehead atoms. The minimum atomic E-state index is -0.275. The summed E-state index contributed by atoms with van der Waals surface area (Å²) in [6.45, 7) is 2.59. The highest BCUT2D eigenvalue weighted by Gasteiger charge is 2.26. The van der Waals surface area contributed by atoms with Crippen LogP contribution in [-0.2, 0) is 11.2 Å². The van der Waals surface area contributed by atoms with Crippen LogP contribution in [0.5, 0.6) is 0 Å². The first kappa shape index (κ1) is 16.1. The molecule has 1 aromatic heterocycles. The van der Waals surface area contributed by atoms with E-state index in [1.54, 1.807) is 6.07 Å². The van der Waals surface area contributed by atoms with Gasteiger partial charge in [-0.1, -0.05) is 12.1 Å². The molecule has 1 N–H and O–H groups in total. The second kappa shape index (κ2) is 7.19. The lowest BCUT2D eigenvalue weighted by Gasteiger charge is -2.15. The Kier molecular flexibility index (Phi) is 5.03. The van der Waals surface area contributed by atoms with Crippen molar-refractivity contribution in [3.63, 3.8) is 0 Å². The van der Waals surface area contributed by atoms with Crippen LogP contribution in [-0.4, -0.2) is 42.5 Å². The zero-order valence-electron chi connectivity index (χ0n) is 13.1. The molecule has 0 saturated carbocycles. The molecule has 1 amide bonds. The van der Waals surface area contributed by atoms with E-state index >= 15 is 0 Å². The standard InChI is InChI=1S/C17H20FN3OS/c1-19-9-12-5-6-21(10-12)16(22)8-15-11-23-17(20-15)13-3-2-4-14(18)7-13/h2-4,7,11-12,19H,5-6,8-10H2,1H3. The summed E-state index contributed by atoms with van der Waals surface area (Å²) in [4.78, 5) is 18.8. The van der Waals surface area contributed by atoms with E-state index in [4.69, 9.17) is 0 Å². The van der Waals surface area contributed by atoms with Gasteiger partial charge >= 0.3 is 0 Å². The van der Waals surface area contributed by atoms with Gasteiger partial charge in [0.05, 0.1) is 12.1 Å². The molecule has 1 aromatic carbocycles. The Morgan fingerprint density at radius 1 is 1.52 bits per heavy atom. The summed E-state index contributed by atoms with van der Waals surface area (Å²) in [5.74, 6) is 0.393. The lowest BCUT2D eigenvalue weighted by Crippen LogP contribution is -2.31. The van der Waals surface area contributed by atoms with Crippen LogP contribution in [0.25, 0.3) is 10.6 Å². The molecule has 1 aliphatic heterocycles. The summed E-state index contributed by atoms with van der Waals surface area (Å²) in [6, 6.07) is 6.38. The van der Waals surface area contributed by atoms with Gasteiger partial charge in [-0.25, -0.2) is 9.37 Å². The van der Waals surface area contributed by atoms with E-state index < -0.39 is 0 Å². The quantitative estimate of drug-likeness (QED) is 0.915. The first-order valence-corrected chi connectivity index (χ1v) is 8.66. The fraction of sp³-hybridized carbons (Fsp3) is 0.412. The highest BCUT2D eigenvalue weighted by molar-refractivity contribution is 7.13. The topological polar surface area (TPSA) is 45.2 Å². The number of carbonyl (C=O) groups excluding carboxylic acids is 1. The van der Waals surface area contributed by atoms with Crippen molar-refractivity contribution in [2.75, 3.05) is 26.7 Å². The average molecular weight is 333 g/mol. The fourth-order valence-corrected chi connectivity index (χ4v) is 3.74. The van der Waals surface area contributed by atoms with Crippen molar-refractivity contribution in [1.82, 2.24) is 15.2 Å². The summed E-state index contributed by atoms with van der Waals surface area (Å²) < 4.78 is 13.3. The predicted octanol–water partition coefficient (Wildman–Crippen LogP) is 2.56. The summed E-state index contributed by atoms with van der Waals surface area (Å²) >= 11 is 1.45. The van der Waals surface area contributed by atoms with Gasteiger partial charge in [-0.3, -0.25) is 4.79 Å². The number of aromatic nitrogens is 1. The normalized spacial score (nSPS) is 17.7. The van der Waals surface area contributed by atoms with Crippen LogP contribution in [0.15, 0.2) is 29.6 Å². The van der Waals surface area contributed by atoms with Gasteiger partial charge in [0.1, 0.15) is 10.8 Å². The van der Waals surface area contributed by atoms with Crippen molar-refractivity contribution < 1.29 is 9.18 Å². The first-order valence-electron chi connectivity index (χ1n) is 7.78. The molecule has 122 valence electrons. The zero-order chi connectivity index (χ0) is 16.2. The van der Waals surface area contributed by atoms with Gasteiger partial charge in [-0.05, 0) is 38.1 Å². The molecule has 1 atom stereocenters. The van der Waals surface area contributed by atoms with E-state index in [-0.39, 0.29) is 11.7 Å². The minimum absolute atomic E-state index is 0.125. The Balaban J connectivity index is 1.62. The lowest BCUT2D eigenvalue weighted by atomic mass is 10.1. The molecule has 0 aliphatic carbocycles.